The van der Waals surface area contributed by atoms with Crippen LogP contribution >= 0.6 is 0 Å². The second kappa shape index (κ2) is 8.08. The topological polar surface area (TPSA) is 21.3 Å². The van der Waals surface area contributed by atoms with Crippen molar-refractivity contribution in [3.05, 3.63) is 0 Å². The molecule has 0 heterocycles. The maximum absolute atomic E-state index is 5.61. The van der Waals surface area contributed by atoms with Gasteiger partial charge in [0, 0.05) is 13.2 Å². The second-order valence-corrected chi connectivity index (χ2v) is 5.83. The van der Waals surface area contributed by atoms with E-state index < -0.39 is 0 Å². The first-order valence-electron chi connectivity index (χ1n) is 6.70. The summed E-state index contributed by atoms with van der Waals surface area (Å²) in [6.07, 6.45) is 5.16. The quantitative estimate of drug-likeness (QED) is 0.686. The van der Waals surface area contributed by atoms with Crippen LogP contribution in [-0.2, 0) is 4.74 Å². The minimum Gasteiger partial charge on any atom is -0.380 e. The molecule has 0 bridgehead atoms. The van der Waals surface area contributed by atoms with Gasteiger partial charge in [-0.15, -0.1) is 0 Å². The van der Waals surface area contributed by atoms with E-state index in [1.54, 1.807) is 0 Å². The number of ether oxygens (including phenoxy) is 1. The van der Waals surface area contributed by atoms with E-state index in [0.29, 0.717) is 17.6 Å². The number of likely N-dealkylation sites (N-methyl/N-ethyl adjacent to an activating group) is 1. The zero-order valence-corrected chi connectivity index (χ0v) is 12.1. The lowest BCUT2D eigenvalue weighted by Crippen LogP contribution is -2.41. The number of nitrogens with one attached hydrogen (secondary N) is 1. The Hall–Kier alpha value is -0.0800. The molecular weight excluding hydrogens is 198 g/mol. The van der Waals surface area contributed by atoms with Gasteiger partial charge in [-0.25, -0.2) is 0 Å². The van der Waals surface area contributed by atoms with Gasteiger partial charge in [-0.3, -0.25) is 0 Å². The predicted octanol–water partition coefficient (Wildman–Crippen LogP) is 3.61. The first-order valence-corrected chi connectivity index (χ1v) is 6.70. The minimum atomic E-state index is 0.368. The lowest BCUT2D eigenvalue weighted by molar-refractivity contribution is 0.0549. The summed E-state index contributed by atoms with van der Waals surface area (Å²) in [7, 11) is 1.84. The molecule has 0 amide bonds. The molecular formula is C14H31NO. The first kappa shape index (κ1) is 15.9. The molecule has 0 radical (unpaired) electrons. The molecule has 98 valence electrons. The molecule has 0 aromatic heterocycles. The molecule has 1 N–H and O–H groups in total. The Kier molecular flexibility index (Phi) is 8.04. The van der Waals surface area contributed by atoms with E-state index in [4.69, 9.17) is 4.74 Å². The third-order valence-electron chi connectivity index (χ3n) is 3.00. The van der Waals surface area contributed by atoms with Gasteiger partial charge in [-0.2, -0.15) is 0 Å². The van der Waals surface area contributed by atoms with Crippen molar-refractivity contribution in [2.45, 2.75) is 72.4 Å². The maximum Gasteiger partial charge on any atom is 0.0724 e. The molecule has 0 saturated carbocycles. The molecule has 2 atom stereocenters. The Morgan fingerprint density at radius 3 is 2.12 bits per heavy atom. The van der Waals surface area contributed by atoms with Crippen molar-refractivity contribution in [3.8, 4) is 0 Å². The van der Waals surface area contributed by atoms with Crippen LogP contribution in [-0.4, -0.2) is 25.8 Å². The van der Waals surface area contributed by atoms with Gasteiger partial charge in [0.25, 0.3) is 0 Å². The average Bonchev–Trinajstić information content (AvgIpc) is 2.20. The normalized spacial score (nSPS) is 16.1. The van der Waals surface area contributed by atoms with Crippen LogP contribution in [0.25, 0.3) is 0 Å². The summed E-state index contributed by atoms with van der Waals surface area (Å²) in [6.45, 7) is 12.3. The highest BCUT2D eigenvalue weighted by Gasteiger charge is 2.21. The standard InChI is InChI=1S/C14H31NO/c1-7-9-13(16-6)12(15-8-2)10-11-14(3,4)5/h12-13,15H,7-11H2,1-6H3. The van der Waals surface area contributed by atoms with Crippen molar-refractivity contribution in [3.63, 3.8) is 0 Å². The largest absolute Gasteiger partial charge is 0.380 e. The van der Waals surface area contributed by atoms with Gasteiger partial charge < -0.3 is 10.1 Å². The van der Waals surface area contributed by atoms with Crippen LogP contribution < -0.4 is 5.32 Å². The van der Waals surface area contributed by atoms with E-state index in [1.807, 2.05) is 7.11 Å². The van der Waals surface area contributed by atoms with Gasteiger partial charge in [-0.1, -0.05) is 41.0 Å². The summed E-state index contributed by atoms with van der Waals surface area (Å²) in [6, 6.07) is 0.508. The fourth-order valence-corrected chi connectivity index (χ4v) is 2.04. The number of rotatable bonds is 8. The monoisotopic (exact) mass is 229 g/mol. The summed E-state index contributed by atoms with van der Waals surface area (Å²) in [5.74, 6) is 0. The Balaban J connectivity index is 4.22. The Morgan fingerprint density at radius 2 is 1.75 bits per heavy atom. The van der Waals surface area contributed by atoms with E-state index in [0.717, 1.165) is 13.0 Å². The first-order chi connectivity index (χ1) is 7.44. The van der Waals surface area contributed by atoms with Gasteiger partial charge in [0.05, 0.1) is 6.10 Å². The lowest BCUT2D eigenvalue weighted by atomic mass is 9.87. The molecule has 0 aliphatic heterocycles. The summed E-state index contributed by atoms with van der Waals surface area (Å²) >= 11 is 0. The molecule has 0 fully saturated rings. The number of methoxy groups -OCH3 is 1. The molecule has 2 nitrogen and oxygen atoms in total. The minimum absolute atomic E-state index is 0.368. The summed E-state index contributed by atoms with van der Waals surface area (Å²) in [4.78, 5) is 0. The van der Waals surface area contributed by atoms with Crippen LogP contribution in [0, 0.1) is 5.41 Å². The molecule has 0 saturated heterocycles. The maximum atomic E-state index is 5.61. The molecule has 0 aromatic carbocycles. The van der Waals surface area contributed by atoms with Gasteiger partial charge in [0.15, 0.2) is 0 Å². The van der Waals surface area contributed by atoms with Crippen molar-refractivity contribution >= 4 is 0 Å². The molecule has 0 aliphatic carbocycles. The average molecular weight is 229 g/mol. The lowest BCUT2D eigenvalue weighted by Gasteiger charge is -2.29. The van der Waals surface area contributed by atoms with Crippen molar-refractivity contribution in [2.75, 3.05) is 13.7 Å². The molecule has 2 heteroatoms. The molecule has 2 unspecified atom stereocenters. The predicted molar refractivity (Wildman–Crippen MR) is 71.9 cm³/mol. The van der Waals surface area contributed by atoms with Crippen molar-refractivity contribution in [1.82, 2.24) is 5.32 Å². The summed E-state index contributed by atoms with van der Waals surface area (Å²) < 4.78 is 5.61. The zero-order chi connectivity index (χ0) is 12.6. The van der Waals surface area contributed by atoms with Gasteiger partial charge >= 0.3 is 0 Å². The molecule has 0 aromatic rings. The van der Waals surface area contributed by atoms with E-state index in [-0.39, 0.29) is 0 Å². The third kappa shape index (κ3) is 7.24. The van der Waals surface area contributed by atoms with Crippen LogP contribution in [0.5, 0.6) is 0 Å². The SMILES string of the molecule is CCCC(OC)C(CCC(C)(C)C)NCC. The number of hydrogen-bond acceptors (Lipinski definition) is 2. The highest BCUT2D eigenvalue weighted by atomic mass is 16.5. The smallest absolute Gasteiger partial charge is 0.0724 e. The van der Waals surface area contributed by atoms with Crippen LogP contribution in [0.1, 0.15) is 60.3 Å². The molecule has 0 rings (SSSR count). The molecule has 0 aliphatic rings. The summed E-state index contributed by atoms with van der Waals surface area (Å²) in [5, 5.41) is 3.57. The van der Waals surface area contributed by atoms with Crippen LogP contribution in [0.15, 0.2) is 0 Å². The Morgan fingerprint density at radius 1 is 1.12 bits per heavy atom. The van der Waals surface area contributed by atoms with E-state index in [9.17, 15) is 0 Å². The van der Waals surface area contributed by atoms with E-state index in [1.165, 1.54) is 19.3 Å². The van der Waals surface area contributed by atoms with Crippen molar-refractivity contribution < 1.29 is 4.74 Å². The number of hydrogen-bond donors (Lipinski definition) is 1. The second-order valence-electron chi connectivity index (χ2n) is 5.83. The Labute approximate surface area is 102 Å². The van der Waals surface area contributed by atoms with Crippen LogP contribution in [0.4, 0.5) is 0 Å². The summed E-state index contributed by atoms with van der Waals surface area (Å²) in [5.41, 5.74) is 0.415. The zero-order valence-electron chi connectivity index (χ0n) is 12.1. The van der Waals surface area contributed by atoms with Gasteiger partial charge in [0.2, 0.25) is 0 Å². The van der Waals surface area contributed by atoms with Gasteiger partial charge in [0.1, 0.15) is 0 Å². The fraction of sp³-hybridized carbons (Fsp3) is 1.00. The van der Waals surface area contributed by atoms with Crippen LogP contribution in [0.2, 0.25) is 0 Å². The van der Waals surface area contributed by atoms with E-state index in [2.05, 4.69) is 39.9 Å². The van der Waals surface area contributed by atoms with Crippen molar-refractivity contribution in [2.24, 2.45) is 5.41 Å². The van der Waals surface area contributed by atoms with Crippen LogP contribution in [0.3, 0.4) is 0 Å². The molecule has 0 spiro atoms. The van der Waals surface area contributed by atoms with Crippen molar-refractivity contribution in [1.29, 1.82) is 0 Å². The highest BCUT2D eigenvalue weighted by Crippen LogP contribution is 2.23. The Bertz CT molecular complexity index is 163. The van der Waals surface area contributed by atoms with Gasteiger partial charge in [-0.05, 0) is 31.2 Å². The molecule has 16 heavy (non-hydrogen) atoms. The third-order valence-corrected chi connectivity index (χ3v) is 3.00. The fourth-order valence-electron chi connectivity index (χ4n) is 2.04. The van der Waals surface area contributed by atoms with E-state index >= 15 is 0 Å². The highest BCUT2D eigenvalue weighted by molar-refractivity contribution is 4.78.